The van der Waals surface area contributed by atoms with Crippen molar-refractivity contribution >= 4 is 35.0 Å². The lowest BCUT2D eigenvalue weighted by atomic mass is 10.1. The predicted octanol–water partition coefficient (Wildman–Crippen LogP) is 2.94. The number of aliphatic hydroxyl groups is 1. The third-order valence-electron chi connectivity index (χ3n) is 2.13. The van der Waals surface area contributed by atoms with Crippen LogP contribution in [0, 0.1) is 0 Å². The second-order valence-corrected chi connectivity index (χ2v) is 5.76. The van der Waals surface area contributed by atoms with E-state index in [0.717, 1.165) is 11.3 Å². The molecule has 1 aromatic carbocycles. The predicted molar refractivity (Wildman–Crippen MR) is 72.3 cm³/mol. The van der Waals surface area contributed by atoms with Crippen molar-refractivity contribution in [1.82, 2.24) is 0 Å². The summed E-state index contributed by atoms with van der Waals surface area (Å²) in [6.07, 6.45) is 0. The molecule has 0 saturated carbocycles. The lowest BCUT2D eigenvalue weighted by molar-refractivity contribution is 0.0949. The molecule has 90 valence electrons. The highest BCUT2D eigenvalue weighted by Crippen LogP contribution is 2.25. The maximum absolute atomic E-state index is 9.71. The molecule has 0 fully saturated rings. The average Bonchev–Trinajstić information content (AvgIpc) is 2.21. The Bertz CT molecular complexity index is 358. The van der Waals surface area contributed by atoms with Gasteiger partial charge in [0.05, 0.1) is 5.60 Å². The van der Waals surface area contributed by atoms with Crippen LogP contribution in [0.1, 0.15) is 12.5 Å². The molecule has 0 spiro atoms. The zero-order valence-electron chi connectivity index (χ0n) is 9.04. The molecule has 0 aliphatic carbocycles. The molecule has 0 radical (unpaired) electrons. The first kappa shape index (κ1) is 14.1. The molecule has 0 aliphatic rings. The van der Waals surface area contributed by atoms with Crippen molar-refractivity contribution in [1.29, 1.82) is 0 Å². The van der Waals surface area contributed by atoms with Gasteiger partial charge in [-0.2, -0.15) is 11.8 Å². The van der Waals surface area contributed by atoms with Gasteiger partial charge in [-0.1, -0.05) is 29.3 Å². The van der Waals surface area contributed by atoms with E-state index < -0.39 is 5.60 Å². The van der Waals surface area contributed by atoms with E-state index in [4.69, 9.17) is 28.9 Å². The molecule has 5 heteroatoms. The largest absolute Gasteiger partial charge is 0.388 e. The number of rotatable bonds is 5. The molecule has 1 unspecified atom stereocenters. The Morgan fingerprint density at radius 2 is 2.12 bits per heavy atom. The summed E-state index contributed by atoms with van der Waals surface area (Å²) in [6, 6.07) is 5.43. The van der Waals surface area contributed by atoms with E-state index in [2.05, 4.69) is 0 Å². The summed E-state index contributed by atoms with van der Waals surface area (Å²) in [7, 11) is 0. The molecular formula is C11H15Cl2NOS. The van der Waals surface area contributed by atoms with E-state index in [0.29, 0.717) is 15.8 Å². The standard InChI is InChI=1S/C11H15Cl2NOS/c1-11(15,6-14)7-16-5-8-2-3-9(12)4-10(8)13/h2-4,15H,5-7,14H2,1H3. The Hall–Kier alpha value is 0.0700. The molecular weight excluding hydrogens is 265 g/mol. The highest BCUT2D eigenvalue weighted by atomic mass is 35.5. The third-order valence-corrected chi connectivity index (χ3v) is 4.05. The van der Waals surface area contributed by atoms with Crippen molar-refractivity contribution in [2.45, 2.75) is 18.3 Å². The fraction of sp³-hybridized carbons (Fsp3) is 0.455. The van der Waals surface area contributed by atoms with Crippen molar-refractivity contribution in [2.75, 3.05) is 12.3 Å². The van der Waals surface area contributed by atoms with Crippen LogP contribution in [0.15, 0.2) is 18.2 Å². The van der Waals surface area contributed by atoms with Crippen molar-refractivity contribution in [3.8, 4) is 0 Å². The number of hydrogen-bond donors (Lipinski definition) is 2. The van der Waals surface area contributed by atoms with Crippen LogP contribution in [0.3, 0.4) is 0 Å². The van der Waals surface area contributed by atoms with Gasteiger partial charge < -0.3 is 10.8 Å². The van der Waals surface area contributed by atoms with Crippen molar-refractivity contribution < 1.29 is 5.11 Å². The van der Waals surface area contributed by atoms with Gasteiger partial charge in [0.1, 0.15) is 0 Å². The first-order chi connectivity index (χ1) is 7.44. The molecule has 3 N–H and O–H groups in total. The van der Waals surface area contributed by atoms with Crippen LogP contribution in [-0.2, 0) is 5.75 Å². The molecule has 16 heavy (non-hydrogen) atoms. The van der Waals surface area contributed by atoms with Crippen LogP contribution in [0.5, 0.6) is 0 Å². The topological polar surface area (TPSA) is 46.2 Å². The Balaban J connectivity index is 2.49. The van der Waals surface area contributed by atoms with Gasteiger partial charge in [0.25, 0.3) is 0 Å². The van der Waals surface area contributed by atoms with Crippen molar-refractivity contribution in [2.24, 2.45) is 5.73 Å². The van der Waals surface area contributed by atoms with Crippen LogP contribution < -0.4 is 5.73 Å². The Morgan fingerprint density at radius 3 is 2.69 bits per heavy atom. The molecule has 1 rings (SSSR count). The van der Waals surface area contributed by atoms with E-state index >= 15 is 0 Å². The third kappa shape index (κ3) is 4.52. The van der Waals surface area contributed by atoms with E-state index in [9.17, 15) is 5.11 Å². The minimum absolute atomic E-state index is 0.258. The number of nitrogens with two attached hydrogens (primary N) is 1. The van der Waals surface area contributed by atoms with E-state index in [1.807, 2.05) is 12.1 Å². The van der Waals surface area contributed by atoms with Crippen molar-refractivity contribution in [3.63, 3.8) is 0 Å². The van der Waals surface area contributed by atoms with E-state index in [-0.39, 0.29) is 6.54 Å². The van der Waals surface area contributed by atoms with Crippen molar-refractivity contribution in [3.05, 3.63) is 33.8 Å². The zero-order valence-corrected chi connectivity index (χ0v) is 11.4. The fourth-order valence-electron chi connectivity index (χ4n) is 1.08. The van der Waals surface area contributed by atoms with Gasteiger partial charge in [-0.25, -0.2) is 0 Å². The molecule has 0 heterocycles. The number of benzene rings is 1. The second-order valence-electron chi connectivity index (χ2n) is 3.93. The van der Waals surface area contributed by atoms with Crippen LogP contribution in [-0.4, -0.2) is 23.0 Å². The lowest BCUT2D eigenvalue weighted by Crippen LogP contribution is -2.36. The zero-order chi connectivity index (χ0) is 12.2. The first-order valence-electron chi connectivity index (χ1n) is 4.89. The van der Waals surface area contributed by atoms with Gasteiger partial charge in [0.15, 0.2) is 0 Å². The van der Waals surface area contributed by atoms with Gasteiger partial charge in [0, 0.05) is 28.1 Å². The molecule has 1 aromatic rings. The van der Waals surface area contributed by atoms with Gasteiger partial charge >= 0.3 is 0 Å². The maximum Gasteiger partial charge on any atom is 0.0831 e. The Kier molecular flexibility index (Phi) is 5.41. The monoisotopic (exact) mass is 279 g/mol. The molecule has 0 saturated heterocycles. The summed E-state index contributed by atoms with van der Waals surface area (Å²) in [6.45, 7) is 1.98. The highest BCUT2D eigenvalue weighted by molar-refractivity contribution is 7.98. The van der Waals surface area contributed by atoms with Crippen LogP contribution in [0.25, 0.3) is 0 Å². The molecule has 0 aromatic heterocycles. The Labute approximate surface area is 110 Å². The molecule has 0 bridgehead atoms. The minimum atomic E-state index is -0.816. The number of thioether (sulfide) groups is 1. The maximum atomic E-state index is 9.71. The van der Waals surface area contributed by atoms with E-state index in [1.165, 1.54) is 0 Å². The normalized spacial score (nSPS) is 14.8. The van der Waals surface area contributed by atoms with Gasteiger partial charge in [-0.05, 0) is 24.6 Å². The highest BCUT2D eigenvalue weighted by Gasteiger charge is 2.17. The van der Waals surface area contributed by atoms with Gasteiger partial charge in [-0.3, -0.25) is 0 Å². The van der Waals surface area contributed by atoms with Gasteiger partial charge in [-0.15, -0.1) is 0 Å². The summed E-state index contributed by atoms with van der Waals surface area (Å²) < 4.78 is 0. The SMILES string of the molecule is CC(O)(CN)CSCc1ccc(Cl)cc1Cl. The van der Waals surface area contributed by atoms with Crippen LogP contribution >= 0.6 is 35.0 Å². The average molecular weight is 280 g/mol. The Morgan fingerprint density at radius 1 is 1.44 bits per heavy atom. The first-order valence-corrected chi connectivity index (χ1v) is 6.80. The quantitative estimate of drug-likeness (QED) is 0.871. The number of halogens is 2. The summed E-state index contributed by atoms with van der Waals surface area (Å²) in [5.41, 5.74) is 5.63. The summed E-state index contributed by atoms with van der Waals surface area (Å²) in [5, 5.41) is 11.0. The second kappa shape index (κ2) is 6.12. The minimum Gasteiger partial charge on any atom is -0.388 e. The lowest BCUT2D eigenvalue weighted by Gasteiger charge is -2.20. The molecule has 0 amide bonds. The fourth-order valence-corrected chi connectivity index (χ4v) is 2.76. The molecule has 2 nitrogen and oxygen atoms in total. The van der Waals surface area contributed by atoms with Crippen LogP contribution in [0.4, 0.5) is 0 Å². The summed E-state index contributed by atoms with van der Waals surface area (Å²) in [5.74, 6) is 1.33. The number of hydrogen-bond acceptors (Lipinski definition) is 3. The summed E-state index contributed by atoms with van der Waals surface area (Å²) in [4.78, 5) is 0. The summed E-state index contributed by atoms with van der Waals surface area (Å²) >= 11 is 13.4. The van der Waals surface area contributed by atoms with E-state index in [1.54, 1.807) is 24.8 Å². The smallest absolute Gasteiger partial charge is 0.0831 e. The van der Waals surface area contributed by atoms with Gasteiger partial charge in [0.2, 0.25) is 0 Å². The molecule has 0 aliphatic heterocycles. The van der Waals surface area contributed by atoms with Crippen LogP contribution in [0.2, 0.25) is 10.0 Å². The molecule has 1 atom stereocenters.